The number of nitrogens with one attached hydrogen (secondary N) is 3. The van der Waals surface area contributed by atoms with Gasteiger partial charge in [0.25, 0.3) is 10.0 Å². The summed E-state index contributed by atoms with van der Waals surface area (Å²) in [5.41, 5.74) is 5.72. The molecule has 0 fully saturated rings. The molecule has 2 rings (SSSR count). The summed E-state index contributed by atoms with van der Waals surface area (Å²) >= 11 is 6.57. The van der Waals surface area contributed by atoms with Crippen LogP contribution in [0.2, 0.25) is 5.02 Å². The molecule has 1 aromatic carbocycles. The lowest BCUT2D eigenvalue weighted by Crippen LogP contribution is -2.39. The van der Waals surface area contributed by atoms with Gasteiger partial charge in [-0.15, -0.1) is 0 Å². The Kier molecular flexibility index (Phi) is 8.99. The summed E-state index contributed by atoms with van der Waals surface area (Å²) in [4.78, 5) is 2.88. The molecule has 6 N–H and O–H groups in total. The van der Waals surface area contributed by atoms with Gasteiger partial charge in [-0.1, -0.05) is 22.9 Å². The van der Waals surface area contributed by atoms with E-state index in [0.717, 1.165) is 31.2 Å². The quantitative estimate of drug-likeness (QED) is 0.300. The van der Waals surface area contributed by atoms with E-state index >= 15 is 0 Å². The molecule has 0 aliphatic carbocycles. The second-order valence-corrected chi connectivity index (χ2v) is 9.08. The third kappa shape index (κ3) is 7.01. The topological polar surface area (TPSA) is 129 Å². The lowest BCUT2D eigenvalue weighted by molar-refractivity contribution is 0.245. The van der Waals surface area contributed by atoms with Gasteiger partial charge in [0.15, 0.2) is 10.3 Å². The number of hydrogen-bond acceptors (Lipinski definition) is 8. The molecule has 0 spiro atoms. The van der Waals surface area contributed by atoms with Crippen LogP contribution in [0.15, 0.2) is 23.2 Å². The summed E-state index contributed by atoms with van der Waals surface area (Å²) in [7, 11) is -4.31. The van der Waals surface area contributed by atoms with Crippen molar-refractivity contribution in [1.82, 2.24) is 10.3 Å². The monoisotopic (exact) mass is 469 g/mol. The predicted octanol–water partition coefficient (Wildman–Crippen LogP) is 1.98. The number of nitrogens with two attached hydrogens (primary N) is 1. The molecule has 0 radical (unpaired) electrons. The first kappa shape index (κ1) is 23.7. The molecule has 13 heteroatoms. The van der Waals surface area contributed by atoms with Crippen molar-refractivity contribution in [3.63, 3.8) is 0 Å². The van der Waals surface area contributed by atoms with Crippen molar-refractivity contribution >= 4 is 43.8 Å². The van der Waals surface area contributed by atoms with Crippen molar-refractivity contribution in [3.05, 3.63) is 34.3 Å². The minimum Gasteiger partial charge on any atom is -0.395 e. The maximum absolute atomic E-state index is 14.4. The van der Waals surface area contributed by atoms with Gasteiger partial charge < -0.3 is 21.5 Å². The molecule has 1 aromatic heterocycles. The Labute approximate surface area is 176 Å². The number of anilines is 2. The number of unbranched alkanes of at least 4 members (excludes halogenated alkanes) is 1. The number of thiazole rings is 1. The van der Waals surface area contributed by atoms with E-state index in [-0.39, 0.29) is 28.5 Å². The second kappa shape index (κ2) is 11.0. The Bertz CT molecular complexity index is 910. The minimum absolute atomic E-state index is 0.0266. The standard InChI is InChI=1S/C16H22ClF2N5O3S2/c17-11-5-14(29(26,27)24-16-23-8-15(19)28-16)12(18)6-13(11)22-4-2-1-3-21-10(7-20)9-25/h5-6,8,10,21-22,25H,1-4,7,9,20H2,(H,23,24)/t10-/m1/s1. The summed E-state index contributed by atoms with van der Waals surface area (Å²) in [5.74, 6) is -1.00. The summed E-state index contributed by atoms with van der Waals surface area (Å²) in [5, 5.41) is 14.2. The average Bonchev–Trinajstić information content (AvgIpc) is 3.07. The van der Waals surface area contributed by atoms with Crippen LogP contribution in [0.4, 0.5) is 19.6 Å². The summed E-state index contributed by atoms with van der Waals surface area (Å²) in [6, 6.07) is 1.84. The molecule has 0 aliphatic heterocycles. The number of aliphatic hydroxyl groups excluding tert-OH is 1. The molecule has 8 nitrogen and oxygen atoms in total. The molecule has 0 amide bonds. The first-order valence-corrected chi connectivity index (χ1v) is 11.4. The molecule has 29 heavy (non-hydrogen) atoms. The number of nitrogens with zero attached hydrogens (tertiary/aromatic N) is 1. The SMILES string of the molecule is NC[C@H](CO)NCCCCNc1cc(F)c(S(=O)(=O)Nc2ncc(F)s2)cc1Cl. The van der Waals surface area contributed by atoms with Crippen LogP contribution in [0.25, 0.3) is 0 Å². The van der Waals surface area contributed by atoms with E-state index < -0.39 is 25.9 Å². The largest absolute Gasteiger partial charge is 0.395 e. The molecular weight excluding hydrogens is 448 g/mol. The van der Waals surface area contributed by atoms with E-state index in [4.69, 9.17) is 22.4 Å². The van der Waals surface area contributed by atoms with Gasteiger partial charge in [-0.25, -0.2) is 17.8 Å². The molecule has 0 saturated heterocycles. The van der Waals surface area contributed by atoms with E-state index in [1.54, 1.807) is 0 Å². The molecular formula is C16H22ClF2N5O3S2. The minimum atomic E-state index is -4.31. The van der Waals surface area contributed by atoms with Crippen LogP contribution >= 0.6 is 22.9 Å². The third-order valence-electron chi connectivity index (χ3n) is 3.87. The van der Waals surface area contributed by atoms with Crippen LogP contribution in [0.3, 0.4) is 0 Å². The van der Waals surface area contributed by atoms with Crippen molar-refractivity contribution in [3.8, 4) is 0 Å². The zero-order chi connectivity index (χ0) is 21.4. The van der Waals surface area contributed by atoms with Crippen molar-refractivity contribution < 1.29 is 22.3 Å². The highest BCUT2D eigenvalue weighted by Gasteiger charge is 2.23. The Morgan fingerprint density at radius 1 is 1.28 bits per heavy atom. The Hall–Kier alpha value is -1.57. The van der Waals surface area contributed by atoms with Crippen molar-refractivity contribution in [2.75, 3.05) is 36.3 Å². The first-order valence-electron chi connectivity index (χ1n) is 8.68. The average molecular weight is 470 g/mol. The number of hydrogen-bond donors (Lipinski definition) is 5. The number of aromatic nitrogens is 1. The molecule has 0 unspecified atom stereocenters. The van der Waals surface area contributed by atoms with E-state index in [0.29, 0.717) is 31.0 Å². The fourth-order valence-electron chi connectivity index (χ4n) is 2.34. The molecule has 2 aromatic rings. The number of aliphatic hydroxyl groups is 1. The number of sulfonamides is 1. The van der Waals surface area contributed by atoms with Gasteiger partial charge in [0.05, 0.1) is 23.5 Å². The Morgan fingerprint density at radius 2 is 2.00 bits per heavy atom. The molecule has 1 heterocycles. The predicted molar refractivity (Wildman–Crippen MR) is 110 cm³/mol. The number of rotatable bonds is 12. The van der Waals surface area contributed by atoms with Crippen LogP contribution in [-0.4, -0.2) is 50.8 Å². The first-order chi connectivity index (χ1) is 13.8. The van der Waals surface area contributed by atoms with Crippen molar-refractivity contribution in [2.45, 2.75) is 23.8 Å². The van der Waals surface area contributed by atoms with Gasteiger partial charge in [-0.2, -0.15) is 4.39 Å². The van der Waals surface area contributed by atoms with Gasteiger partial charge >= 0.3 is 0 Å². The second-order valence-electron chi connectivity index (χ2n) is 6.04. The van der Waals surface area contributed by atoms with E-state index in [9.17, 15) is 17.2 Å². The Morgan fingerprint density at radius 3 is 2.62 bits per heavy atom. The maximum Gasteiger partial charge on any atom is 0.266 e. The zero-order valence-corrected chi connectivity index (χ0v) is 17.7. The van der Waals surface area contributed by atoms with Gasteiger partial charge in [0.1, 0.15) is 10.7 Å². The van der Waals surface area contributed by atoms with Gasteiger partial charge in [0, 0.05) is 19.1 Å². The van der Waals surface area contributed by atoms with Gasteiger partial charge in [0.2, 0.25) is 0 Å². The maximum atomic E-state index is 14.4. The van der Waals surface area contributed by atoms with E-state index in [2.05, 4.69) is 15.6 Å². The smallest absolute Gasteiger partial charge is 0.266 e. The lowest BCUT2D eigenvalue weighted by atomic mass is 10.2. The highest BCUT2D eigenvalue weighted by atomic mass is 35.5. The zero-order valence-electron chi connectivity index (χ0n) is 15.3. The third-order valence-corrected chi connectivity index (χ3v) is 6.36. The molecule has 162 valence electrons. The molecule has 0 aliphatic rings. The van der Waals surface area contributed by atoms with Crippen LogP contribution in [0.5, 0.6) is 0 Å². The number of halogens is 3. The molecule has 0 saturated carbocycles. The van der Waals surface area contributed by atoms with E-state index in [1.165, 1.54) is 0 Å². The lowest BCUT2D eigenvalue weighted by Gasteiger charge is -2.14. The normalized spacial score (nSPS) is 12.7. The molecule has 1 atom stereocenters. The fraction of sp³-hybridized carbons (Fsp3) is 0.438. The van der Waals surface area contributed by atoms with Gasteiger partial charge in [-0.3, -0.25) is 4.72 Å². The van der Waals surface area contributed by atoms with Crippen molar-refractivity contribution in [1.29, 1.82) is 0 Å². The number of benzene rings is 1. The Balaban J connectivity index is 1.93. The van der Waals surface area contributed by atoms with Crippen LogP contribution in [0, 0.1) is 10.9 Å². The van der Waals surface area contributed by atoms with E-state index in [1.807, 2.05) is 4.72 Å². The van der Waals surface area contributed by atoms with Crippen molar-refractivity contribution in [2.24, 2.45) is 5.73 Å². The van der Waals surface area contributed by atoms with Crippen LogP contribution in [0.1, 0.15) is 12.8 Å². The summed E-state index contributed by atoms with van der Waals surface area (Å²) in [6.07, 6.45) is 2.36. The van der Waals surface area contributed by atoms with Crippen LogP contribution in [-0.2, 0) is 10.0 Å². The van der Waals surface area contributed by atoms with Gasteiger partial charge in [-0.05, 0) is 31.5 Å². The fourth-order valence-corrected chi connectivity index (χ4v) is 4.51. The molecule has 0 bridgehead atoms. The van der Waals surface area contributed by atoms with Crippen LogP contribution < -0.4 is 21.1 Å². The highest BCUT2D eigenvalue weighted by molar-refractivity contribution is 7.93. The summed E-state index contributed by atoms with van der Waals surface area (Å²) < 4.78 is 54.0. The highest BCUT2D eigenvalue weighted by Crippen LogP contribution is 2.29. The summed E-state index contributed by atoms with van der Waals surface area (Å²) in [6.45, 7) is 1.44.